The minimum absolute atomic E-state index is 0.288. The smallest absolute Gasteiger partial charge is 0.119 e. The summed E-state index contributed by atoms with van der Waals surface area (Å²) in [6.45, 7) is 4.61. The highest BCUT2D eigenvalue weighted by molar-refractivity contribution is 7.80. The number of benzene rings is 2. The first-order chi connectivity index (χ1) is 9.61. The van der Waals surface area contributed by atoms with E-state index in [2.05, 4.69) is 24.8 Å². The Hall–Kier alpha value is -1.12. The van der Waals surface area contributed by atoms with E-state index in [1.54, 1.807) is 0 Å². The van der Waals surface area contributed by atoms with Gasteiger partial charge in [0.05, 0.1) is 6.61 Å². The molecule has 106 valence electrons. The Labute approximate surface area is 131 Å². The van der Waals surface area contributed by atoms with E-state index in [9.17, 15) is 0 Å². The first-order valence-corrected chi connectivity index (χ1v) is 7.68. The summed E-state index contributed by atoms with van der Waals surface area (Å²) in [5, 5.41) is 0.811. The topological polar surface area (TPSA) is 9.23 Å². The molecule has 2 aromatic carbocycles. The molecule has 0 heterocycles. The number of halogens is 1. The molecule has 0 aliphatic carbocycles. The second-order valence-electron chi connectivity index (χ2n) is 4.97. The molecule has 2 aromatic rings. The fourth-order valence-electron chi connectivity index (χ4n) is 2.17. The van der Waals surface area contributed by atoms with Crippen molar-refractivity contribution in [1.29, 1.82) is 0 Å². The Morgan fingerprint density at radius 1 is 1.10 bits per heavy atom. The molecule has 0 aliphatic heterocycles. The third kappa shape index (κ3) is 3.71. The number of hydrogen-bond acceptors (Lipinski definition) is 2. The Morgan fingerprint density at radius 3 is 2.25 bits per heavy atom. The summed E-state index contributed by atoms with van der Waals surface area (Å²) in [6, 6.07) is 14.3. The number of hydrogen-bond donors (Lipinski definition) is 1. The Bertz CT molecular complexity index is 545. The molecule has 0 amide bonds. The Kier molecular flexibility index (Phi) is 5.38. The van der Waals surface area contributed by atoms with Crippen LogP contribution in [-0.4, -0.2) is 12.4 Å². The third-order valence-corrected chi connectivity index (χ3v) is 4.39. The van der Waals surface area contributed by atoms with Crippen LogP contribution in [0.4, 0.5) is 0 Å². The molecule has 20 heavy (non-hydrogen) atoms. The summed E-state index contributed by atoms with van der Waals surface area (Å²) in [7, 11) is 0. The van der Waals surface area contributed by atoms with Gasteiger partial charge in [0.25, 0.3) is 0 Å². The highest BCUT2D eigenvalue weighted by Gasteiger charge is 2.11. The highest BCUT2D eigenvalue weighted by atomic mass is 35.5. The van der Waals surface area contributed by atoms with Gasteiger partial charge in [-0.15, -0.1) is 0 Å². The fraction of sp³-hybridized carbons (Fsp3) is 0.294. The average Bonchev–Trinajstić information content (AvgIpc) is 2.46. The molecule has 0 saturated carbocycles. The minimum Gasteiger partial charge on any atom is -0.493 e. The largest absolute Gasteiger partial charge is 0.493 e. The maximum atomic E-state index is 6.17. The van der Waals surface area contributed by atoms with Crippen LogP contribution in [0.15, 0.2) is 42.5 Å². The van der Waals surface area contributed by atoms with Crippen molar-refractivity contribution < 1.29 is 4.74 Å². The highest BCUT2D eigenvalue weighted by Crippen LogP contribution is 2.27. The van der Waals surface area contributed by atoms with E-state index in [-0.39, 0.29) is 5.92 Å². The lowest BCUT2D eigenvalue weighted by Gasteiger charge is -2.17. The minimum atomic E-state index is 0.288. The summed E-state index contributed by atoms with van der Waals surface area (Å²) in [5.74, 6) is 1.91. The van der Waals surface area contributed by atoms with E-state index in [4.69, 9.17) is 16.3 Å². The molecule has 0 bridgehead atoms. The van der Waals surface area contributed by atoms with Crippen molar-refractivity contribution in [3.8, 4) is 5.75 Å². The zero-order chi connectivity index (χ0) is 14.5. The zero-order valence-corrected chi connectivity index (χ0v) is 13.4. The van der Waals surface area contributed by atoms with Crippen molar-refractivity contribution >= 4 is 24.2 Å². The van der Waals surface area contributed by atoms with Gasteiger partial charge in [0.1, 0.15) is 5.75 Å². The molecule has 0 saturated heterocycles. The van der Waals surface area contributed by atoms with E-state index in [0.717, 1.165) is 27.7 Å². The third-order valence-electron chi connectivity index (χ3n) is 3.35. The van der Waals surface area contributed by atoms with Gasteiger partial charge >= 0.3 is 0 Å². The van der Waals surface area contributed by atoms with Crippen LogP contribution in [-0.2, 0) is 0 Å². The van der Waals surface area contributed by atoms with Crippen LogP contribution in [0, 0.1) is 13.8 Å². The molecule has 0 aromatic heterocycles. The number of aryl methyl sites for hydroxylation is 2. The van der Waals surface area contributed by atoms with Crippen LogP contribution >= 0.6 is 24.2 Å². The molecule has 0 aliphatic rings. The van der Waals surface area contributed by atoms with Gasteiger partial charge in [-0.3, -0.25) is 0 Å². The van der Waals surface area contributed by atoms with Gasteiger partial charge in [0, 0.05) is 16.7 Å². The molecule has 0 spiro atoms. The lowest BCUT2D eigenvalue weighted by atomic mass is 10.0. The molecule has 1 atom stereocenters. The van der Waals surface area contributed by atoms with Gasteiger partial charge in [0.15, 0.2) is 0 Å². The normalized spacial score (nSPS) is 12.2. The summed E-state index contributed by atoms with van der Waals surface area (Å²) in [6.07, 6.45) is 0. The predicted molar refractivity (Wildman–Crippen MR) is 89.5 cm³/mol. The molecule has 0 radical (unpaired) electrons. The van der Waals surface area contributed by atoms with Crippen LogP contribution in [0.25, 0.3) is 0 Å². The second kappa shape index (κ2) is 7.05. The van der Waals surface area contributed by atoms with Gasteiger partial charge in [-0.2, -0.15) is 12.6 Å². The quantitative estimate of drug-likeness (QED) is 0.761. The van der Waals surface area contributed by atoms with Crippen LogP contribution in [0.1, 0.15) is 22.6 Å². The molecule has 0 fully saturated rings. The van der Waals surface area contributed by atoms with Crippen molar-refractivity contribution in [1.82, 2.24) is 0 Å². The standard InChI is InChI=1S/C17H19ClOS/c1-12-8-16(9-13(2)17(12)18)19-10-15(11-20)14-6-4-3-5-7-14/h3-9,15,20H,10-11H2,1-2H3. The average molecular weight is 307 g/mol. The van der Waals surface area contributed by atoms with Crippen molar-refractivity contribution in [2.45, 2.75) is 19.8 Å². The Morgan fingerprint density at radius 2 is 1.70 bits per heavy atom. The van der Waals surface area contributed by atoms with Gasteiger partial charge in [-0.25, -0.2) is 0 Å². The summed E-state index contributed by atoms with van der Waals surface area (Å²) < 4.78 is 5.92. The number of rotatable bonds is 5. The first-order valence-electron chi connectivity index (χ1n) is 6.67. The molecular weight excluding hydrogens is 288 g/mol. The first kappa shape index (κ1) is 15.3. The van der Waals surface area contributed by atoms with Gasteiger partial charge in [-0.05, 0) is 42.7 Å². The summed E-state index contributed by atoms with van der Waals surface area (Å²) >= 11 is 10.6. The molecule has 1 nitrogen and oxygen atoms in total. The Balaban J connectivity index is 2.07. The van der Waals surface area contributed by atoms with Crippen LogP contribution in [0.2, 0.25) is 5.02 Å². The van der Waals surface area contributed by atoms with E-state index >= 15 is 0 Å². The molecule has 1 unspecified atom stereocenters. The van der Waals surface area contributed by atoms with Gasteiger partial charge in [-0.1, -0.05) is 41.9 Å². The molecule has 2 rings (SSSR count). The van der Waals surface area contributed by atoms with Gasteiger partial charge < -0.3 is 4.74 Å². The van der Waals surface area contributed by atoms with Crippen molar-refractivity contribution in [3.05, 3.63) is 64.2 Å². The molecular formula is C17H19ClOS. The summed E-state index contributed by atoms with van der Waals surface area (Å²) in [4.78, 5) is 0. The maximum Gasteiger partial charge on any atom is 0.119 e. The lowest BCUT2D eigenvalue weighted by molar-refractivity contribution is 0.297. The van der Waals surface area contributed by atoms with Crippen molar-refractivity contribution in [2.24, 2.45) is 0 Å². The van der Waals surface area contributed by atoms with E-state index in [1.165, 1.54) is 5.56 Å². The van der Waals surface area contributed by atoms with Crippen molar-refractivity contribution in [3.63, 3.8) is 0 Å². The maximum absolute atomic E-state index is 6.17. The lowest BCUT2D eigenvalue weighted by Crippen LogP contribution is -2.12. The fourth-order valence-corrected chi connectivity index (χ4v) is 2.59. The zero-order valence-electron chi connectivity index (χ0n) is 11.8. The van der Waals surface area contributed by atoms with Crippen LogP contribution in [0.3, 0.4) is 0 Å². The van der Waals surface area contributed by atoms with E-state index in [1.807, 2.05) is 44.2 Å². The number of ether oxygens (including phenoxy) is 1. The molecule has 0 N–H and O–H groups in total. The second-order valence-corrected chi connectivity index (χ2v) is 5.72. The summed E-state index contributed by atoms with van der Waals surface area (Å²) in [5.41, 5.74) is 3.34. The van der Waals surface area contributed by atoms with Crippen LogP contribution in [0.5, 0.6) is 5.75 Å². The van der Waals surface area contributed by atoms with Crippen LogP contribution < -0.4 is 4.74 Å². The van der Waals surface area contributed by atoms with Gasteiger partial charge in [0.2, 0.25) is 0 Å². The number of thiol groups is 1. The van der Waals surface area contributed by atoms with E-state index in [0.29, 0.717) is 6.61 Å². The predicted octanol–water partition coefficient (Wildman–Crippen LogP) is 5.05. The van der Waals surface area contributed by atoms with Crippen molar-refractivity contribution in [2.75, 3.05) is 12.4 Å². The monoisotopic (exact) mass is 306 g/mol. The SMILES string of the molecule is Cc1cc(OCC(CS)c2ccccc2)cc(C)c1Cl. The molecule has 3 heteroatoms. The van der Waals surface area contributed by atoms with E-state index < -0.39 is 0 Å².